The SMILES string of the molecule is C#CCSCC(NC(=O)CCCC(=O)O)C(=O)NCC(=O)O. The summed E-state index contributed by atoms with van der Waals surface area (Å²) < 4.78 is 0. The third-order valence-corrected chi connectivity index (χ3v) is 3.27. The van der Waals surface area contributed by atoms with Gasteiger partial charge in [-0.25, -0.2) is 0 Å². The van der Waals surface area contributed by atoms with Crippen LogP contribution in [0.3, 0.4) is 0 Å². The maximum atomic E-state index is 11.8. The molecule has 0 heterocycles. The van der Waals surface area contributed by atoms with E-state index in [0.717, 1.165) is 0 Å². The maximum Gasteiger partial charge on any atom is 0.322 e. The van der Waals surface area contributed by atoms with Gasteiger partial charge in [0.05, 0.1) is 5.75 Å². The van der Waals surface area contributed by atoms with Gasteiger partial charge in [0, 0.05) is 18.6 Å². The molecule has 0 aliphatic heterocycles. The number of carboxylic acid groups (broad SMARTS) is 2. The number of hydrogen-bond acceptors (Lipinski definition) is 5. The molecule has 9 heteroatoms. The molecule has 1 unspecified atom stereocenters. The number of rotatable bonds is 11. The highest BCUT2D eigenvalue weighted by atomic mass is 32.2. The fourth-order valence-electron chi connectivity index (χ4n) is 1.37. The third-order valence-electron chi connectivity index (χ3n) is 2.33. The summed E-state index contributed by atoms with van der Waals surface area (Å²) >= 11 is 1.24. The summed E-state index contributed by atoms with van der Waals surface area (Å²) in [5, 5.41) is 21.6. The van der Waals surface area contributed by atoms with E-state index >= 15 is 0 Å². The van der Waals surface area contributed by atoms with Crippen molar-refractivity contribution >= 4 is 35.5 Å². The van der Waals surface area contributed by atoms with Gasteiger partial charge < -0.3 is 20.8 Å². The summed E-state index contributed by atoms with van der Waals surface area (Å²) in [4.78, 5) is 44.3. The van der Waals surface area contributed by atoms with E-state index in [4.69, 9.17) is 16.6 Å². The second kappa shape index (κ2) is 11.4. The Morgan fingerprint density at radius 3 is 2.36 bits per heavy atom. The van der Waals surface area contributed by atoms with Gasteiger partial charge >= 0.3 is 11.9 Å². The molecule has 2 amide bonds. The van der Waals surface area contributed by atoms with E-state index in [1.54, 1.807) is 0 Å². The van der Waals surface area contributed by atoms with Gasteiger partial charge in [-0.2, -0.15) is 0 Å². The Bertz CT molecular complexity index is 460. The highest BCUT2D eigenvalue weighted by Crippen LogP contribution is 2.04. The molecule has 0 aliphatic carbocycles. The number of aliphatic carboxylic acids is 2. The molecule has 0 spiro atoms. The third kappa shape index (κ3) is 10.6. The molecule has 0 bridgehead atoms. The van der Waals surface area contributed by atoms with Crippen molar-refractivity contribution in [2.45, 2.75) is 25.3 Å². The van der Waals surface area contributed by atoms with Crippen LogP contribution in [0, 0.1) is 12.3 Å². The van der Waals surface area contributed by atoms with Gasteiger partial charge in [-0.05, 0) is 6.42 Å². The van der Waals surface area contributed by atoms with Crippen molar-refractivity contribution in [1.29, 1.82) is 0 Å². The van der Waals surface area contributed by atoms with Crippen molar-refractivity contribution in [2.24, 2.45) is 0 Å². The number of terminal acetylenes is 1. The number of thioether (sulfide) groups is 1. The summed E-state index contributed by atoms with van der Waals surface area (Å²) in [6.07, 6.45) is 5.07. The monoisotopic (exact) mass is 330 g/mol. The maximum absolute atomic E-state index is 11.8. The van der Waals surface area contributed by atoms with Gasteiger partial charge in [-0.3, -0.25) is 19.2 Å². The first-order valence-corrected chi connectivity index (χ1v) is 7.54. The zero-order chi connectivity index (χ0) is 17.0. The average molecular weight is 330 g/mol. The molecule has 0 rings (SSSR count). The van der Waals surface area contributed by atoms with Crippen LogP contribution in [0.4, 0.5) is 0 Å². The van der Waals surface area contributed by atoms with Crippen LogP contribution < -0.4 is 10.6 Å². The molecule has 8 nitrogen and oxygen atoms in total. The second-order valence-electron chi connectivity index (χ2n) is 4.20. The molecule has 0 aromatic carbocycles. The number of nitrogens with one attached hydrogen (secondary N) is 2. The van der Waals surface area contributed by atoms with Crippen molar-refractivity contribution in [3.8, 4) is 12.3 Å². The van der Waals surface area contributed by atoms with Crippen LogP contribution in [0.2, 0.25) is 0 Å². The van der Waals surface area contributed by atoms with Gasteiger partial charge in [0.15, 0.2) is 0 Å². The number of hydrogen-bond donors (Lipinski definition) is 4. The van der Waals surface area contributed by atoms with Gasteiger partial charge in [0.25, 0.3) is 0 Å². The van der Waals surface area contributed by atoms with Crippen LogP contribution in [-0.4, -0.2) is 58.1 Å². The topological polar surface area (TPSA) is 133 Å². The molecule has 0 aromatic rings. The molecule has 0 aromatic heterocycles. The Morgan fingerprint density at radius 2 is 1.82 bits per heavy atom. The normalized spacial score (nSPS) is 11.0. The summed E-state index contributed by atoms with van der Waals surface area (Å²) in [6, 6.07) is -0.921. The van der Waals surface area contributed by atoms with Gasteiger partial charge in [0.1, 0.15) is 12.6 Å². The van der Waals surface area contributed by atoms with E-state index in [9.17, 15) is 19.2 Å². The van der Waals surface area contributed by atoms with Crippen LogP contribution in [0.25, 0.3) is 0 Å². The minimum atomic E-state index is -1.20. The zero-order valence-corrected chi connectivity index (χ0v) is 12.6. The van der Waals surface area contributed by atoms with Crippen LogP contribution >= 0.6 is 11.8 Å². The van der Waals surface area contributed by atoms with Crippen LogP contribution in [0.1, 0.15) is 19.3 Å². The van der Waals surface area contributed by atoms with Crippen molar-refractivity contribution in [3.63, 3.8) is 0 Å². The van der Waals surface area contributed by atoms with Crippen LogP contribution in [0.5, 0.6) is 0 Å². The lowest BCUT2D eigenvalue weighted by molar-refractivity contribution is -0.138. The van der Waals surface area contributed by atoms with E-state index < -0.39 is 36.3 Å². The lowest BCUT2D eigenvalue weighted by Gasteiger charge is -2.17. The second-order valence-corrected chi connectivity index (χ2v) is 5.23. The minimum absolute atomic E-state index is 0.0329. The number of carboxylic acids is 2. The molecule has 0 fully saturated rings. The first-order valence-electron chi connectivity index (χ1n) is 6.38. The van der Waals surface area contributed by atoms with Gasteiger partial charge in [-0.15, -0.1) is 18.2 Å². The Balaban J connectivity index is 4.40. The molecule has 22 heavy (non-hydrogen) atoms. The largest absolute Gasteiger partial charge is 0.481 e. The summed E-state index contributed by atoms with van der Waals surface area (Å²) in [5.41, 5.74) is 0. The van der Waals surface area contributed by atoms with Crippen molar-refractivity contribution in [1.82, 2.24) is 10.6 Å². The van der Waals surface area contributed by atoms with Crippen molar-refractivity contribution < 1.29 is 29.4 Å². The van der Waals surface area contributed by atoms with Gasteiger partial charge in [-0.1, -0.05) is 5.92 Å². The van der Waals surface area contributed by atoms with E-state index in [1.165, 1.54) is 11.8 Å². The summed E-state index contributed by atoms with van der Waals surface area (Å²) in [6.45, 7) is -0.552. The quantitative estimate of drug-likeness (QED) is 0.291. The Hall–Kier alpha value is -2.21. The lowest BCUT2D eigenvalue weighted by Crippen LogP contribution is -2.49. The van der Waals surface area contributed by atoms with Gasteiger partial charge in [0.2, 0.25) is 11.8 Å². The summed E-state index contributed by atoms with van der Waals surface area (Å²) in [7, 11) is 0. The smallest absolute Gasteiger partial charge is 0.322 e. The first kappa shape index (κ1) is 19.8. The average Bonchev–Trinajstić information content (AvgIpc) is 2.43. The molecular weight excluding hydrogens is 312 g/mol. The molecule has 0 saturated carbocycles. The molecule has 0 radical (unpaired) electrons. The Morgan fingerprint density at radius 1 is 1.14 bits per heavy atom. The predicted octanol–water partition coefficient (Wildman–Crippen LogP) is -0.707. The zero-order valence-electron chi connectivity index (χ0n) is 11.8. The lowest BCUT2D eigenvalue weighted by atomic mass is 10.2. The first-order chi connectivity index (χ1) is 10.4. The van der Waals surface area contributed by atoms with Crippen molar-refractivity contribution in [2.75, 3.05) is 18.1 Å². The van der Waals surface area contributed by atoms with Crippen LogP contribution in [-0.2, 0) is 19.2 Å². The molecule has 1 atom stereocenters. The van der Waals surface area contributed by atoms with E-state index in [2.05, 4.69) is 16.6 Å². The van der Waals surface area contributed by atoms with E-state index in [-0.39, 0.29) is 25.0 Å². The summed E-state index contributed by atoms with van der Waals surface area (Å²) in [5.74, 6) is -0.394. The van der Waals surface area contributed by atoms with Crippen LogP contribution in [0.15, 0.2) is 0 Å². The number of carbonyl (C=O) groups is 4. The molecule has 122 valence electrons. The minimum Gasteiger partial charge on any atom is -0.481 e. The van der Waals surface area contributed by atoms with E-state index in [1.807, 2.05) is 0 Å². The number of carbonyl (C=O) groups excluding carboxylic acids is 2. The number of amides is 2. The predicted molar refractivity (Wildman–Crippen MR) is 80.2 cm³/mol. The highest BCUT2D eigenvalue weighted by molar-refractivity contribution is 7.99. The molecule has 0 aliphatic rings. The van der Waals surface area contributed by atoms with E-state index in [0.29, 0.717) is 5.75 Å². The fourth-order valence-corrected chi connectivity index (χ4v) is 2.08. The fraction of sp³-hybridized carbons (Fsp3) is 0.538. The van der Waals surface area contributed by atoms with Crippen molar-refractivity contribution in [3.05, 3.63) is 0 Å². The Labute approximate surface area is 132 Å². The Kier molecular flexibility index (Phi) is 10.3. The standard InChI is InChI=1S/C13H18N2O6S/c1-2-6-22-8-9(13(21)14-7-12(19)20)15-10(16)4-3-5-11(17)18/h1,9H,3-8H2,(H,14,21)(H,15,16)(H,17,18)(H,19,20). The highest BCUT2D eigenvalue weighted by Gasteiger charge is 2.21. The molecule has 4 N–H and O–H groups in total. The molecular formula is C13H18N2O6S. The molecule has 0 saturated heterocycles.